The molecule has 1 saturated heterocycles. The van der Waals surface area contributed by atoms with Crippen LogP contribution in [0.2, 0.25) is 0 Å². The molecule has 0 aromatic carbocycles. The van der Waals surface area contributed by atoms with Crippen LogP contribution in [0.15, 0.2) is 12.2 Å². The van der Waals surface area contributed by atoms with E-state index < -0.39 is 5.79 Å². The fourth-order valence-electron chi connectivity index (χ4n) is 4.06. The van der Waals surface area contributed by atoms with Gasteiger partial charge in [0.05, 0.1) is 24.7 Å². The van der Waals surface area contributed by atoms with E-state index >= 15 is 0 Å². The van der Waals surface area contributed by atoms with Crippen molar-refractivity contribution < 1.29 is 14.6 Å². The molecule has 0 unspecified atom stereocenters. The van der Waals surface area contributed by atoms with Crippen LogP contribution < -0.4 is 0 Å². The predicted octanol–water partition coefficient (Wildman–Crippen LogP) is 2.78. The van der Waals surface area contributed by atoms with E-state index in [0.717, 1.165) is 38.5 Å². The Bertz CT molecular complexity index is 320. The highest BCUT2D eigenvalue weighted by Crippen LogP contribution is 2.54. The lowest BCUT2D eigenvalue weighted by atomic mass is 9.68. The topological polar surface area (TPSA) is 38.7 Å². The maximum absolute atomic E-state index is 10.7. The van der Waals surface area contributed by atoms with Gasteiger partial charge < -0.3 is 14.6 Å². The van der Waals surface area contributed by atoms with Crippen LogP contribution in [0.1, 0.15) is 51.4 Å². The summed E-state index contributed by atoms with van der Waals surface area (Å²) in [6.45, 7) is 1.36. The molecule has 3 heteroatoms. The highest BCUT2D eigenvalue weighted by molar-refractivity contribution is 5.08. The number of hydrogen-bond acceptors (Lipinski definition) is 3. The summed E-state index contributed by atoms with van der Waals surface area (Å²) in [6.07, 6.45) is 12.4. The molecule has 3 rings (SSSR count). The van der Waals surface area contributed by atoms with Crippen molar-refractivity contribution in [3.8, 4) is 0 Å². The number of hydrogen-bond donors (Lipinski definition) is 1. The second kappa shape index (κ2) is 4.95. The number of rotatable bonds is 0. The van der Waals surface area contributed by atoms with Crippen LogP contribution in [-0.2, 0) is 9.47 Å². The fourth-order valence-corrected chi connectivity index (χ4v) is 4.06. The molecule has 1 saturated carbocycles. The van der Waals surface area contributed by atoms with E-state index in [2.05, 4.69) is 12.2 Å². The third-order valence-electron chi connectivity index (χ3n) is 5.03. The third-order valence-corrected chi connectivity index (χ3v) is 5.03. The van der Waals surface area contributed by atoms with E-state index in [1.165, 1.54) is 12.8 Å². The van der Waals surface area contributed by atoms with E-state index in [4.69, 9.17) is 9.47 Å². The van der Waals surface area contributed by atoms with Crippen molar-refractivity contribution in [3.63, 3.8) is 0 Å². The minimum atomic E-state index is -0.516. The summed E-state index contributed by atoms with van der Waals surface area (Å²) >= 11 is 0. The van der Waals surface area contributed by atoms with Gasteiger partial charge in [0, 0.05) is 6.42 Å². The number of fused-ring (bicyclic) bond motifs is 1. The Labute approximate surface area is 109 Å². The van der Waals surface area contributed by atoms with Gasteiger partial charge in [0.15, 0.2) is 5.79 Å². The van der Waals surface area contributed by atoms with Crippen LogP contribution in [0, 0.1) is 5.41 Å². The summed E-state index contributed by atoms with van der Waals surface area (Å²) in [4.78, 5) is 0. The highest BCUT2D eigenvalue weighted by Gasteiger charge is 2.58. The van der Waals surface area contributed by atoms with Crippen molar-refractivity contribution in [2.24, 2.45) is 5.41 Å². The van der Waals surface area contributed by atoms with Crippen molar-refractivity contribution in [2.75, 3.05) is 13.2 Å². The van der Waals surface area contributed by atoms with Crippen molar-refractivity contribution in [3.05, 3.63) is 12.2 Å². The molecule has 1 N–H and O–H groups in total. The van der Waals surface area contributed by atoms with Crippen LogP contribution >= 0.6 is 0 Å². The van der Waals surface area contributed by atoms with Gasteiger partial charge in [-0.1, -0.05) is 25.0 Å². The average Bonchev–Trinajstić information content (AvgIpc) is 2.67. The van der Waals surface area contributed by atoms with Gasteiger partial charge in [0.25, 0.3) is 0 Å². The molecule has 0 radical (unpaired) electrons. The zero-order chi connectivity index (χ0) is 12.5. The van der Waals surface area contributed by atoms with Crippen LogP contribution in [0.3, 0.4) is 0 Å². The van der Waals surface area contributed by atoms with Crippen LogP contribution in [0.5, 0.6) is 0 Å². The highest BCUT2D eigenvalue weighted by atomic mass is 16.7. The van der Waals surface area contributed by atoms with Crippen LogP contribution in [0.4, 0.5) is 0 Å². The molecule has 1 aliphatic heterocycles. The minimum Gasteiger partial charge on any atom is -0.392 e. The summed E-state index contributed by atoms with van der Waals surface area (Å²) in [5, 5.41) is 10.7. The molecule has 0 aromatic heterocycles. The fraction of sp³-hybridized carbons (Fsp3) is 0.867. The summed E-state index contributed by atoms with van der Waals surface area (Å²) in [7, 11) is 0. The van der Waals surface area contributed by atoms with E-state index in [9.17, 15) is 5.11 Å². The van der Waals surface area contributed by atoms with Gasteiger partial charge in [-0.25, -0.2) is 0 Å². The van der Waals surface area contributed by atoms with E-state index in [1.54, 1.807) is 0 Å². The maximum Gasteiger partial charge on any atom is 0.176 e. The number of aliphatic hydroxyl groups excluding tert-OH is 1. The van der Waals surface area contributed by atoms with Gasteiger partial charge in [-0.15, -0.1) is 0 Å². The zero-order valence-corrected chi connectivity index (χ0v) is 11.1. The SMILES string of the molecule is O[C@H]1CCC=CC[C@@]12CCCCCC21OCCO1. The second-order valence-electron chi connectivity index (χ2n) is 5.94. The first kappa shape index (κ1) is 12.6. The number of aliphatic hydroxyl groups is 1. The van der Waals surface area contributed by atoms with Crippen molar-refractivity contribution in [1.82, 2.24) is 0 Å². The largest absolute Gasteiger partial charge is 0.392 e. The van der Waals surface area contributed by atoms with Gasteiger partial charge in [-0.05, 0) is 32.1 Å². The summed E-state index contributed by atoms with van der Waals surface area (Å²) in [6, 6.07) is 0. The molecular weight excluding hydrogens is 228 g/mol. The second-order valence-corrected chi connectivity index (χ2v) is 5.94. The molecule has 2 spiro atoms. The van der Waals surface area contributed by atoms with Crippen molar-refractivity contribution >= 4 is 0 Å². The lowest BCUT2D eigenvalue weighted by Crippen LogP contribution is -2.55. The van der Waals surface area contributed by atoms with Crippen LogP contribution in [-0.4, -0.2) is 30.2 Å². The molecule has 0 bridgehead atoms. The Hall–Kier alpha value is -0.380. The predicted molar refractivity (Wildman–Crippen MR) is 69.2 cm³/mol. The molecule has 2 fully saturated rings. The average molecular weight is 252 g/mol. The Morgan fingerprint density at radius 3 is 2.61 bits per heavy atom. The molecule has 2 atom stereocenters. The molecule has 3 nitrogen and oxygen atoms in total. The monoisotopic (exact) mass is 252 g/mol. The molecule has 1 heterocycles. The van der Waals surface area contributed by atoms with E-state index in [1.807, 2.05) is 0 Å². The molecule has 0 aromatic rings. The normalized spacial score (nSPS) is 39.9. The van der Waals surface area contributed by atoms with Crippen molar-refractivity contribution in [2.45, 2.75) is 63.3 Å². The lowest BCUT2D eigenvalue weighted by molar-refractivity contribution is -0.268. The smallest absolute Gasteiger partial charge is 0.176 e. The summed E-state index contributed by atoms with van der Waals surface area (Å²) in [5.41, 5.74) is -0.215. The number of ether oxygens (including phenoxy) is 2. The molecular formula is C15H24O3. The number of allylic oxidation sites excluding steroid dienone is 2. The first-order valence-corrected chi connectivity index (χ1v) is 7.40. The Morgan fingerprint density at radius 2 is 1.78 bits per heavy atom. The first-order chi connectivity index (χ1) is 8.79. The zero-order valence-electron chi connectivity index (χ0n) is 11.1. The molecule has 3 aliphatic rings. The van der Waals surface area contributed by atoms with Crippen LogP contribution in [0.25, 0.3) is 0 Å². The van der Waals surface area contributed by atoms with Gasteiger partial charge in [-0.2, -0.15) is 0 Å². The first-order valence-electron chi connectivity index (χ1n) is 7.40. The summed E-state index contributed by atoms with van der Waals surface area (Å²) < 4.78 is 12.1. The Morgan fingerprint density at radius 1 is 1.00 bits per heavy atom. The van der Waals surface area contributed by atoms with Gasteiger partial charge >= 0.3 is 0 Å². The lowest BCUT2D eigenvalue weighted by Gasteiger charge is -2.48. The molecule has 18 heavy (non-hydrogen) atoms. The maximum atomic E-state index is 10.7. The Kier molecular flexibility index (Phi) is 3.48. The summed E-state index contributed by atoms with van der Waals surface area (Å²) in [5.74, 6) is -0.516. The molecule has 0 amide bonds. The van der Waals surface area contributed by atoms with Gasteiger partial charge in [0.1, 0.15) is 0 Å². The van der Waals surface area contributed by atoms with Crippen molar-refractivity contribution in [1.29, 1.82) is 0 Å². The molecule has 102 valence electrons. The van der Waals surface area contributed by atoms with Gasteiger partial charge in [-0.3, -0.25) is 0 Å². The van der Waals surface area contributed by atoms with E-state index in [0.29, 0.717) is 13.2 Å². The Balaban J connectivity index is 1.99. The van der Waals surface area contributed by atoms with E-state index in [-0.39, 0.29) is 11.5 Å². The minimum absolute atomic E-state index is 0.215. The quantitative estimate of drug-likeness (QED) is 0.674. The van der Waals surface area contributed by atoms with Gasteiger partial charge in [0.2, 0.25) is 0 Å². The third kappa shape index (κ3) is 1.84. The molecule has 2 aliphatic carbocycles. The standard InChI is InChI=1S/C15H24O3/c16-13-7-3-1-4-8-14(13)9-5-2-6-10-15(14)17-11-12-18-15/h1,4,13,16H,2-3,5-12H2/t13-,14+/m0/s1.